The van der Waals surface area contributed by atoms with Gasteiger partial charge in [-0.1, -0.05) is 6.07 Å². The fraction of sp³-hybridized carbons (Fsp3) is 0.0769. The highest BCUT2D eigenvalue weighted by atomic mass is 16.1. The van der Waals surface area contributed by atoms with Crippen LogP contribution in [-0.4, -0.2) is 26.1 Å². The van der Waals surface area contributed by atoms with E-state index in [1.165, 1.54) is 0 Å². The van der Waals surface area contributed by atoms with E-state index in [4.69, 9.17) is 0 Å². The molecule has 0 unspecified atom stereocenters. The van der Waals surface area contributed by atoms with E-state index in [0.717, 1.165) is 16.5 Å². The Bertz CT molecular complexity index is 707. The van der Waals surface area contributed by atoms with Gasteiger partial charge in [-0.25, -0.2) is 4.98 Å². The van der Waals surface area contributed by atoms with Crippen molar-refractivity contribution in [1.82, 2.24) is 20.2 Å². The monoisotopic (exact) mass is 253 g/mol. The van der Waals surface area contributed by atoms with Crippen LogP contribution < -0.4 is 5.32 Å². The van der Waals surface area contributed by atoms with Crippen LogP contribution in [0.1, 0.15) is 5.56 Å². The molecule has 0 aliphatic rings. The minimum absolute atomic E-state index is 0.122. The van der Waals surface area contributed by atoms with Crippen LogP contribution in [0, 0.1) is 0 Å². The maximum Gasteiger partial charge on any atom is 0.230 e. The summed E-state index contributed by atoms with van der Waals surface area (Å²) in [5, 5.41) is 10.4. The lowest BCUT2D eigenvalue weighted by molar-refractivity contribution is -0.115. The van der Waals surface area contributed by atoms with Crippen LogP contribution in [0.5, 0.6) is 0 Å². The predicted molar refractivity (Wildman–Crippen MR) is 70.5 cm³/mol. The summed E-state index contributed by atoms with van der Waals surface area (Å²) >= 11 is 0. The Morgan fingerprint density at radius 2 is 2.26 bits per heavy atom. The Hall–Kier alpha value is -2.76. The van der Waals surface area contributed by atoms with Gasteiger partial charge in [-0.15, -0.1) is 0 Å². The molecule has 0 saturated heterocycles. The average molecular weight is 253 g/mol. The molecule has 6 nitrogen and oxygen atoms in total. The van der Waals surface area contributed by atoms with E-state index in [1.54, 1.807) is 36.9 Å². The molecule has 1 amide bonds. The Morgan fingerprint density at radius 3 is 3.11 bits per heavy atom. The molecule has 3 rings (SSSR count). The molecule has 0 radical (unpaired) electrons. The lowest BCUT2D eigenvalue weighted by Gasteiger charge is -2.04. The molecule has 0 aliphatic carbocycles. The average Bonchev–Trinajstić information content (AvgIpc) is 2.87. The van der Waals surface area contributed by atoms with Crippen molar-refractivity contribution >= 4 is 22.6 Å². The van der Waals surface area contributed by atoms with E-state index in [1.807, 2.05) is 6.07 Å². The van der Waals surface area contributed by atoms with Gasteiger partial charge in [0.15, 0.2) is 0 Å². The fourth-order valence-corrected chi connectivity index (χ4v) is 1.79. The molecular formula is C13H11N5O. The van der Waals surface area contributed by atoms with Gasteiger partial charge in [0.05, 0.1) is 24.3 Å². The van der Waals surface area contributed by atoms with Gasteiger partial charge in [-0.05, 0) is 17.7 Å². The highest BCUT2D eigenvalue weighted by Gasteiger charge is 2.06. The number of carbonyl (C=O) groups excluding carboxylic acids is 1. The first-order valence-corrected chi connectivity index (χ1v) is 5.79. The summed E-state index contributed by atoms with van der Waals surface area (Å²) in [5.74, 6) is 0.395. The van der Waals surface area contributed by atoms with E-state index in [-0.39, 0.29) is 12.3 Å². The Kier molecular flexibility index (Phi) is 2.89. The minimum Gasteiger partial charge on any atom is -0.310 e. The second-order valence-corrected chi connectivity index (χ2v) is 4.11. The number of hydrogen-bond acceptors (Lipinski definition) is 4. The summed E-state index contributed by atoms with van der Waals surface area (Å²) in [6.07, 6.45) is 6.96. The van der Waals surface area contributed by atoms with E-state index < -0.39 is 0 Å². The van der Waals surface area contributed by atoms with Gasteiger partial charge >= 0.3 is 0 Å². The first-order valence-electron chi connectivity index (χ1n) is 5.79. The molecule has 3 aromatic rings. The minimum atomic E-state index is -0.122. The van der Waals surface area contributed by atoms with E-state index in [9.17, 15) is 4.79 Å². The number of fused-ring (bicyclic) bond motifs is 1. The van der Waals surface area contributed by atoms with E-state index in [2.05, 4.69) is 25.5 Å². The molecule has 0 aromatic carbocycles. The van der Waals surface area contributed by atoms with Crippen LogP contribution in [-0.2, 0) is 11.2 Å². The smallest absolute Gasteiger partial charge is 0.230 e. The third kappa shape index (κ3) is 2.57. The van der Waals surface area contributed by atoms with Crippen LogP contribution in [0.25, 0.3) is 10.9 Å². The van der Waals surface area contributed by atoms with Crippen LogP contribution in [0.3, 0.4) is 0 Å². The topological polar surface area (TPSA) is 83.6 Å². The largest absolute Gasteiger partial charge is 0.310 e. The molecule has 0 aliphatic heterocycles. The second-order valence-electron chi connectivity index (χ2n) is 4.11. The zero-order valence-electron chi connectivity index (χ0n) is 10.00. The Balaban J connectivity index is 1.72. The molecule has 0 atom stereocenters. The van der Waals surface area contributed by atoms with Gasteiger partial charge in [0.2, 0.25) is 5.91 Å². The normalized spacial score (nSPS) is 10.5. The quantitative estimate of drug-likeness (QED) is 0.741. The summed E-state index contributed by atoms with van der Waals surface area (Å²) < 4.78 is 0. The van der Waals surface area contributed by atoms with Gasteiger partial charge in [0, 0.05) is 17.8 Å². The van der Waals surface area contributed by atoms with Crippen molar-refractivity contribution in [2.75, 3.05) is 5.32 Å². The maximum atomic E-state index is 11.9. The zero-order chi connectivity index (χ0) is 13.1. The van der Waals surface area contributed by atoms with Gasteiger partial charge < -0.3 is 5.32 Å². The highest BCUT2D eigenvalue weighted by Crippen LogP contribution is 2.13. The first-order chi connectivity index (χ1) is 9.31. The number of nitrogens with one attached hydrogen (secondary N) is 2. The van der Waals surface area contributed by atoms with Crippen molar-refractivity contribution in [1.29, 1.82) is 0 Å². The number of aromatic amines is 1. The summed E-state index contributed by atoms with van der Waals surface area (Å²) in [6, 6.07) is 5.44. The summed E-state index contributed by atoms with van der Waals surface area (Å²) in [6.45, 7) is 0. The van der Waals surface area contributed by atoms with Gasteiger partial charge in [0.25, 0.3) is 0 Å². The molecule has 3 heterocycles. The molecule has 0 saturated carbocycles. The summed E-state index contributed by atoms with van der Waals surface area (Å²) in [5.41, 5.74) is 1.70. The van der Waals surface area contributed by atoms with Crippen LogP contribution in [0.15, 0.2) is 43.0 Å². The maximum absolute atomic E-state index is 11.9. The third-order valence-corrected chi connectivity index (χ3v) is 2.68. The Labute approximate surface area is 108 Å². The van der Waals surface area contributed by atoms with Crippen LogP contribution in [0.2, 0.25) is 0 Å². The molecule has 6 heteroatoms. The number of anilines is 1. The summed E-state index contributed by atoms with van der Waals surface area (Å²) in [7, 11) is 0. The standard InChI is InChI=1S/C13H11N5O/c19-13(4-9-2-1-3-14-6-9)17-12-5-10-7-16-18-11(10)8-15-12/h1-3,5-8H,4H2,(H,16,18)(H,15,17,19). The van der Waals surface area contributed by atoms with Crippen molar-refractivity contribution in [3.63, 3.8) is 0 Å². The molecule has 0 bridgehead atoms. The number of aromatic nitrogens is 4. The molecule has 94 valence electrons. The lowest BCUT2D eigenvalue weighted by atomic mass is 10.2. The fourth-order valence-electron chi connectivity index (χ4n) is 1.79. The zero-order valence-corrected chi connectivity index (χ0v) is 10.00. The number of nitrogens with zero attached hydrogens (tertiary/aromatic N) is 3. The molecule has 19 heavy (non-hydrogen) atoms. The predicted octanol–water partition coefficient (Wildman–Crippen LogP) is 1.53. The van der Waals surface area contributed by atoms with Crippen LogP contribution in [0.4, 0.5) is 5.82 Å². The number of hydrogen-bond donors (Lipinski definition) is 2. The Morgan fingerprint density at radius 1 is 1.32 bits per heavy atom. The number of rotatable bonds is 3. The van der Waals surface area contributed by atoms with Crippen LogP contribution >= 0.6 is 0 Å². The van der Waals surface area contributed by atoms with Gasteiger partial charge in [0.1, 0.15) is 5.82 Å². The van der Waals surface area contributed by atoms with Crippen molar-refractivity contribution in [2.24, 2.45) is 0 Å². The third-order valence-electron chi connectivity index (χ3n) is 2.68. The number of pyridine rings is 2. The highest BCUT2D eigenvalue weighted by molar-refractivity contribution is 5.93. The number of carbonyl (C=O) groups is 1. The van der Waals surface area contributed by atoms with E-state index in [0.29, 0.717) is 5.82 Å². The van der Waals surface area contributed by atoms with Crippen molar-refractivity contribution in [2.45, 2.75) is 6.42 Å². The molecule has 2 N–H and O–H groups in total. The van der Waals surface area contributed by atoms with Crippen molar-refractivity contribution < 1.29 is 4.79 Å². The molecule has 0 spiro atoms. The van der Waals surface area contributed by atoms with Gasteiger partial charge in [-0.3, -0.25) is 14.9 Å². The molecule has 3 aromatic heterocycles. The molecule has 0 fully saturated rings. The SMILES string of the molecule is O=C(Cc1cccnc1)Nc1cc2cn[nH]c2cn1. The van der Waals surface area contributed by atoms with Gasteiger partial charge in [-0.2, -0.15) is 5.10 Å². The lowest BCUT2D eigenvalue weighted by Crippen LogP contribution is -2.15. The summed E-state index contributed by atoms with van der Waals surface area (Å²) in [4.78, 5) is 20.0. The first kappa shape index (κ1) is 11.3. The van der Waals surface area contributed by atoms with Crippen molar-refractivity contribution in [3.05, 3.63) is 48.5 Å². The second kappa shape index (κ2) is 4.85. The number of amides is 1. The molecular weight excluding hydrogens is 242 g/mol. The number of H-pyrrole nitrogens is 1. The van der Waals surface area contributed by atoms with E-state index >= 15 is 0 Å². The van der Waals surface area contributed by atoms with Crippen molar-refractivity contribution in [3.8, 4) is 0 Å².